The molecular weight excluding hydrogens is 265 g/mol. The lowest BCUT2D eigenvalue weighted by Crippen LogP contribution is -2.41. The highest BCUT2D eigenvalue weighted by molar-refractivity contribution is 5.94. The summed E-state index contributed by atoms with van der Waals surface area (Å²) in [6.07, 6.45) is -1.50. The van der Waals surface area contributed by atoms with Crippen LogP contribution in [0.1, 0.15) is 17.3 Å². The van der Waals surface area contributed by atoms with E-state index in [-0.39, 0.29) is 13.2 Å². The number of aliphatic hydroxyl groups is 1. The zero-order valence-corrected chi connectivity index (χ0v) is 11.2. The van der Waals surface area contributed by atoms with Crippen molar-refractivity contribution in [3.05, 3.63) is 35.9 Å². The van der Waals surface area contributed by atoms with E-state index in [9.17, 15) is 19.1 Å². The van der Waals surface area contributed by atoms with Crippen molar-refractivity contribution in [3.63, 3.8) is 0 Å². The number of rotatable bonds is 7. The molecule has 0 heterocycles. The Bertz CT molecular complexity index is 438. The zero-order valence-electron chi connectivity index (χ0n) is 11.2. The highest BCUT2D eigenvalue weighted by Crippen LogP contribution is 2.08. The van der Waals surface area contributed by atoms with Gasteiger partial charge < -0.3 is 15.2 Å². The smallest absolute Gasteiger partial charge is 0.313 e. The van der Waals surface area contributed by atoms with E-state index in [4.69, 9.17) is 4.74 Å². The largest absolute Gasteiger partial charge is 0.466 e. The minimum absolute atomic E-state index is 0.126. The third kappa shape index (κ3) is 4.62. The Morgan fingerprint density at radius 1 is 1.35 bits per heavy atom. The molecule has 2 N–H and O–H groups in total. The Hall–Kier alpha value is -1.95. The van der Waals surface area contributed by atoms with E-state index in [0.717, 1.165) is 0 Å². The van der Waals surface area contributed by atoms with Gasteiger partial charge in [-0.2, -0.15) is 0 Å². The van der Waals surface area contributed by atoms with Crippen LogP contribution in [0.25, 0.3) is 0 Å². The first-order chi connectivity index (χ1) is 9.60. The van der Waals surface area contributed by atoms with Crippen molar-refractivity contribution in [3.8, 4) is 0 Å². The Kier molecular flexibility index (Phi) is 6.66. The van der Waals surface area contributed by atoms with Crippen molar-refractivity contribution < 1.29 is 23.8 Å². The minimum atomic E-state index is -1.50. The number of aliphatic hydroxyl groups excluding tert-OH is 1. The first-order valence-corrected chi connectivity index (χ1v) is 6.34. The van der Waals surface area contributed by atoms with Gasteiger partial charge in [0.15, 0.2) is 0 Å². The molecule has 0 spiro atoms. The van der Waals surface area contributed by atoms with Gasteiger partial charge >= 0.3 is 5.97 Å². The van der Waals surface area contributed by atoms with Crippen LogP contribution >= 0.6 is 0 Å². The van der Waals surface area contributed by atoms with Gasteiger partial charge in [0.1, 0.15) is 12.6 Å². The first-order valence-electron chi connectivity index (χ1n) is 6.34. The van der Waals surface area contributed by atoms with Crippen LogP contribution in [0, 0.1) is 5.92 Å². The molecule has 0 bridgehead atoms. The molecule has 0 aliphatic heterocycles. The Labute approximate surface area is 116 Å². The molecule has 1 aromatic rings. The lowest BCUT2D eigenvalue weighted by Gasteiger charge is -2.19. The molecule has 0 saturated heterocycles. The fourth-order valence-electron chi connectivity index (χ4n) is 1.63. The number of benzene rings is 1. The van der Waals surface area contributed by atoms with E-state index in [0.29, 0.717) is 5.56 Å². The second kappa shape index (κ2) is 8.27. The summed E-state index contributed by atoms with van der Waals surface area (Å²) < 4.78 is 17.3. The second-order valence-corrected chi connectivity index (χ2v) is 4.16. The molecule has 6 heteroatoms. The maximum atomic E-state index is 12.5. The van der Waals surface area contributed by atoms with E-state index in [1.54, 1.807) is 37.3 Å². The number of carbonyl (C=O) groups excluding carboxylic acids is 2. The molecular formula is C14H18FNO4. The predicted octanol–water partition coefficient (Wildman–Crippen LogP) is 0.926. The molecule has 1 aromatic carbocycles. The van der Waals surface area contributed by atoms with E-state index in [1.165, 1.54) is 0 Å². The molecule has 1 rings (SSSR count). The SMILES string of the molecule is CCOC(=O)[C@H](CNC(=O)c1ccccc1)[C@H](O)CF. The molecule has 5 nitrogen and oxygen atoms in total. The monoisotopic (exact) mass is 283 g/mol. The van der Waals surface area contributed by atoms with Gasteiger partial charge in [0, 0.05) is 12.1 Å². The number of nitrogens with one attached hydrogen (secondary N) is 1. The summed E-state index contributed by atoms with van der Waals surface area (Å²) in [5.41, 5.74) is 0.421. The first kappa shape index (κ1) is 16.1. The van der Waals surface area contributed by atoms with Crippen LogP contribution in [0.3, 0.4) is 0 Å². The van der Waals surface area contributed by atoms with Gasteiger partial charge in [0.05, 0.1) is 12.7 Å². The van der Waals surface area contributed by atoms with Gasteiger partial charge in [-0.15, -0.1) is 0 Å². The molecule has 2 atom stereocenters. The second-order valence-electron chi connectivity index (χ2n) is 4.16. The van der Waals surface area contributed by atoms with Gasteiger partial charge in [-0.3, -0.25) is 9.59 Å². The molecule has 1 amide bonds. The standard InChI is InChI=1S/C14H18FNO4/c1-2-20-14(19)11(12(17)8-15)9-16-13(18)10-6-4-3-5-7-10/h3-7,11-12,17H,2,8-9H2,1H3,(H,16,18)/t11-,12-/m1/s1. The molecule has 0 aliphatic carbocycles. The van der Waals surface area contributed by atoms with E-state index in [1.807, 2.05) is 0 Å². The summed E-state index contributed by atoms with van der Waals surface area (Å²) >= 11 is 0. The van der Waals surface area contributed by atoms with Crippen molar-refractivity contribution in [2.45, 2.75) is 13.0 Å². The van der Waals surface area contributed by atoms with E-state index in [2.05, 4.69) is 5.32 Å². The third-order valence-corrected chi connectivity index (χ3v) is 2.73. The summed E-state index contributed by atoms with van der Waals surface area (Å²) in [7, 11) is 0. The van der Waals surface area contributed by atoms with Crippen LogP contribution in [0.15, 0.2) is 30.3 Å². The number of ether oxygens (including phenoxy) is 1. The van der Waals surface area contributed by atoms with Gasteiger partial charge in [-0.05, 0) is 19.1 Å². The zero-order chi connectivity index (χ0) is 15.0. The Morgan fingerprint density at radius 2 is 2.00 bits per heavy atom. The average molecular weight is 283 g/mol. The van der Waals surface area contributed by atoms with Crippen LogP contribution in [0.5, 0.6) is 0 Å². The third-order valence-electron chi connectivity index (χ3n) is 2.73. The minimum Gasteiger partial charge on any atom is -0.466 e. The van der Waals surface area contributed by atoms with E-state index >= 15 is 0 Å². The quantitative estimate of drug-likeness (QED) is 0.730. The number of alkyl halides is 1. The Morgan fingerprint density at radius 3 is 2.55 bits per heavy atom. The maximum absolute atomic E-state index is 12.5. The molecule has 20 heavy (non-hydrogen) atoms. The molecule has 110 valence electrons. The lowest BCUT2D eigenvalue weighted by atomic mass is 10.0. The van der Waals surface area contributed by atoms with Gasteiger partial charge in [-0.25, -0.2) is 4.39 Å². The van der Waals surface area contributed by atoms with Crippen molar-refractivity contribution in [2.24, 2.45) is 5.92 Å². The molecule has 0 aliphatic rings. The molecule has 0 fully saturated rings. The number of halogens is 1. The van der Waals surface area contributed by atoms with Gasteiger partial charge in [-0.1, -0.05) is 18.2 Å². The number of hydrogen-bond acceptors (Lipinski definition) is 4. The normalized spacial score (nSPS) is 13.3. The molecule has 0 unspecified atom stereocenters. The average Bonchev–Trinajstić information content (AvgIpc) is 2.48. The molecule has 0 saturated carbocycles. The van der Waals surface area contributed by atoms with Crippen molar-refractivity contribution in [2.75, 3.05) is 19.8 Å². The van der Waals surface area contributed by atoms with Crippen LogP contribution in [0.4, 0.5) is 4.39 Å². The number of amides is 1. The van der Waals surface area contributed by atoms with E-state index < -0.39 is 30.6 Å². The summed E-state index contributed by atoms with van der Waals surface area (Å²) in [5, 5.41) is 12.0. The van der Waals surface area contributed by atoms with Crippen LogP contribution < -0.4 is 5.32 Å². The number of esters is 1. The highest BCUT2D eigenvalue weighted by Gasteiger charge is 2.28. The number of carbonyl (C=O) groups is 2. The number of hydrogen-bond donors (Lipinski definition) is 2. The summed E-state index contributed by atoms with van der Waals surface area (Å²) in [4.78, 5) is 23.4. The highest BCUT2D eigenvalue weighted by atomic mass is 19.1. The summed E-state index contributed by atoms with van der Waals surface area (Å²) in [5.74, 6) is -2.25. The van der Waals surface area contributed by atoms with Gasteiger partial charge in [0.25, 0.3) is 5.91 Å². The van der Waals surface area contributed by atoms with Crippen molar-refractivity contribution in [1.82, 2.24) is 5.32 Å². The van der Waals surface area contributed by atoms with Crippen LogP contribution in [0.2, 0.25) is 0 Å². The van der Waals surface area contributed by atoms with Crippen molar-refractivity contribution >= 4 is 11.9 Å². The summed E-state index contributed by atoms with van der Waals surface area (Å²) in [6, 6.07) is 8.40. The molecule has 0 aromatic heterocycles. The topological polar surface area (TPSA) is 75.6 Å². The maximum Gasteiger partial charge on any atom is 0.313 e. The Balaban J connectivity index is 2.62. The lowest BCUT2D eigenvalue weighted by molar-refractivity contribution is -0.152. The van der Waals surface area contributed by atoms with Crippen LogP contribution in [-0.2, 0) is 9.53 Å². The fraction of sp³-hybridized carbons (Fsp3) is 0.429. The van der Waals surface area contributed by atoms with Crippen molar-refractivity contribution in [1.29, 1.82) is 0 Å². The summed E-state index contributed by atoms with van der Waals surface area (Å²) in [6.45, 7) is 0.475. The van der Waals surface area contributed by atoms with Gasteiger partial charge in [0.2, 0.25) is 0 Å². The fourth-order valence-corrected chi connectivity index (χ4v) is 1.63. The van der Waals surface area contributed by atoms with Crippen LogP contribution in [-0.4, -0.2) is 42.9 Å². The molecule has 0 radical (unpaired) electrons. The predicted molar refractivity (Wildman–Crippen MR) is 70.9 cm³/mol.